The quantitative estimate of drug-likeness (QED) is 0.872. The van der Waals surface area contributed by atoms with Gasteiger partial charge >= 0.3 is 0 Å². The summed E-state index contributed by atoms with van der Waals surface area (Å²) in [4.78, 5) is 0. The van der Waals surface area contributed by atoms with Gasteiger partial charge in [-0.2, -0.15) is 11.8 Å². The van der Waals surface area contributed by atoms with Crippen LogP contribution >= 0.6 is 23.4 Å². The van der Waals surface area contributed by atoms with Crippen molar-refractivity contribution in [3.8, 4) is 0 Å². The molecule has 2 rings (SSSR count). The number of hydrogen-bond acceptors (Lipinski definition) is 3. The van der Waals surface area contributed by atoms with E-state index in [2.05, 4.69) is 5.32 Å². The highest BCUT2D eigenvalue weighted by Crippen LogP contribution is 2.20. The number of anilines is 1. The maximum Gasteiger partial charge on any atom is 0.141 e. The van der Waals surface area contributed by atoms with E-state index in [1.807, 2.05) is 18.4 Å². The van der Waals surface area contributed by atoms with Crippen LogP contribution in [-0.2, 0) is 12.3 Å². The Morgan fingerprint density at radius 2 is 2.06 bits per heavy atom. The molecule has 0 saturated carbocycles. The largest absolute Gasteiger partial charge is 0.463 e. The van der Waals surface area contributed by atoms with Crippen molar-refractivity contribution >= 4 is 29.1 Å². The molecule has 0 aliphatic heterocycles. The van der Waals surface area contributed by atoms with E-state index in [1.165, 1.54) is 6.07 Å². The molecule has 0 spiro atoms. The monoisotopic (exact) mass is 285 g/mol. The molecule has 18 heavy (non-hydrogen) atoms. The van der Waals surface area contributed by atoms with Gasteiger partial charge in [-0.25, -0.2) is 4.39 Å². The minimum absolute atomic E-state index is 0.113. The number of hydrogen-bond donors (Lipinski definition) is 1. The Kier molecular flexibility index (Phi) is 4.55. The molecular formula is C13H13ClFNOS. The van der Waals surface area contributed by atoms with Gasteiger partial charge in [-0.05, 0) is 36.6 Å². The first-order chi connectivity index (χ1) is 8.69. The second kappa shape index (κ2) is 6.16. The first kappa shape index (κ1) is 13.3. The highest BCUT2D eigenvalue weighted by molar-refractivity contribution is 7.97. The van der Waals surface area contributed by atoms with Gasteiger partial charge in [0.25, 0.3) is 0 Å². The summed E-state index contributed by atoms with van der Waals surface area (Å²) >= 11 is 7.41. The lowest BCUT2D eigenvalue weighted by molar-refractivity contribution is 0.487. The zero-order chi connectivity index (χ0) is 13.0. The van der Waals surface area contributed by atoms with Gasteiger partial charge in [-0.3, -0.25) is 0 Å². The fourth-order valence-electron chi connectivity index (χ4n) is 1.53. The van der Waals surface area contributed by atoms with Crippen LogP contribution in [0, 0.1) is 5.82 Å². The smallest absolute Gasteiger partial charge is 0.141 e. The molecule has 96 valence electrons. The molecule has 2 aromatic rings. The lowest BCUT2D eigenvalue weighted by atomic mass is 10.3. The van der Waals surface area contributed by atoms with Crippen LogP contribution in [0.25, 0.3) is 0 Å². The SMILES string of the molecule is CSCc1ccc(CNc2ccc(F)c(Cl)c2)o1. The number of thioether (sulfide) groups is 1. The maximum absolute atomic E-state index is 13.0. The lowest BCUT2D eigenvalue weighted by Crippen LogP contribution is -1.98. The highest BCUT2D eigenvalue weighted by atomic mass is 35.5. The third kappa shape index (κ3) is 3.43. The Bertz CT molecular complexity index is 529. The molecule has 0 bridgehead atoms. The van der Waals surface area contributed by atoms with Crippen molar-refractivity contribution < 1.29 is 8.81 Å². The molecule has 2 nitrogen and oxygen atoms in total. The van der Waals surface area contributed by atoms with E-state index in [-0.39, 0.29) is 5.02 Å². The molecule has 0 amide bonds. The minimum atomic E-state index is -0.414. The van der Waals surface area contributed by atoms with Gasteiger partial charge in [0.05, 0.1) is 17.3 Å². The minimum Gasteiger partial charge on any atom is -0.463 e. The number of benzene rings is 1. The normalized spacial score (nSPS) is 10.6. The predicted octanol–water partition coefficient (Wildman–Crippen LogP) is 4.55. The molecule has 0 unspecified atom stereocenters. The zero-order valence-corrected chi connectivity index (χ0v) is 11.4. The van der Waals surface area contributed by atoms with Gasteiger partial charge in [0.15, 0.2) is 0 Å². The molecule has 1 heterocycles. The molecule has 0 aliphatic carbocycles. The number of furan rings is 1. The summed E-state index contributed by atoms with van der Waals surface area (Å²) in [6, 6.07) is 8.44. The summed E-state index contributed by atoms with van der Waals surface area (Å²) in [6.07, 6.45) is 2.03. The molecule has 0 fully saturated rings. The summed E-state index contributed by atoms with van der Waals surface area (Å²) < 4.78 is 18.6. The topological polar surface area (TPSA) is 25.2 Å². The summed E-state index contributed by atoms with van der Waals surface area (Å²) in [7, 11) is 0. The van der Waals surface area contributed by atoms with E-state index in [0.717, 1.165) is 23.0 Å². The van der Waals surface area contributed by atoms with Gasteiger partial charge in [0.1, 0.15) is 17.3 Å². The summed E-state index contributed by atoms with van der Waals surface area (Å²) in [5.41, 5.74) is 0.768. The van der Waals surface area contributed by atoms with Gasteiger partial charge < -0.3 is 9.73 Å². The molecule has 0 radical (unpaired) electrons. The van der Waals surface area contributed by atoms with Crippen LogP contribution in [0.5, 0.6) is 0 Å². The van der Waals surface area contributed by atoms with Gasteiger partial charge in [0, 0.05) is 5.69 Å². The first-order valence-electron chi connectivity index (χ1n) is 5.44. The van der Waals surface area contributed by atoms with Crippen LogP contribution in [0.4, 0.5) is 10.1 Å². The average molecular weight is 286 g/mol. The van der Waals surface area contributed by atoms with Crippen molar-refractivity contribution in [2.75, 3.05) is 11.6 Å². The van der Waals surface area contributed by atoms with Crippen molar-refractivity contribution in [2.24, 2.45) is 0 Å². The third-order valence-electron chi connectivity index (χ3n) is 2.39. The second-order valence-electron chi connectivity index (χ2n) is 3.78. The van der Waals surface area contributed by atoms with Crippen LogP contribution < -0.4 is 5.32 Å². The number of rotatable bonds is 5. The number of nitrogens with one attached hydrogen (secondary N) is 1. The van der Waals surface area contributed by atoms with E-state index in [1.54, 1.807) is 23.9 Å². The Hall–Kier alpha value is -1.13. The third-order valence-corrected chi connectivity index (χ3v) is 3.25. The molecule has 1 aromatic carbocycles. The summed E-state index contributed by atoms with van der Waals surface area (Å²) in [5.74, 6) is 2.25. The molecule has 5 heteroatoms. The van der Waals surface area contributed by atoms with Crippen LogP contribution in [-0.4, -0.2) is 6.26 Å². The summed E-state index contributed by atoms with van der Waals surface area (Å²) in [5, 5.41) is 3.25. The zero-order valence-electron chi connectivity index (χ0n) is 9.87. The van der Waals surface area contributed by atoms with Crippen LogP contribution in [0.3, 0.4) is 0 Å². The molecule has 0 saturated heterocycles. The van der Waals surface area contributed by atoms with E-state index >= 15 is 0 Å². The van der Waals surface area contributed by atoms with E-state index in [9.17, 15) is 4.39 Å². The highest BCUT2D eigenvalue weighted by Gasteiger charge is 2.03. The fourth-order valence-corrected chi connectivity index (χ4v) is 2.15. The van der Waals surface area contributed by atoms with Crippen molar-refractivity contribution in [2.45, 2.75) is 12.3 Å². The van der Waals surface area contributed by atoms with E-state index < -0.39 is 5.82 Å². The van der Waals surface area contributed by atoms with E-state index in [0.29, 0.717) is 6.54 Å². The predicted molar refractivity (Wildman–Crippen MR) is 74.7 cm³/mol. The van der Waals surface area contributed by atoms with Crippen LogP contribution in [0.1, 0.15) is 11.5 Å². The maximum atomic E-state index is 13.0. The average Bonchev–Trinajstić information content (AvgIpc) is 2.79. The van der Waals surface area contributed by atoms with Gasteiger partial charge in [0.2, 0.25) is 0 Å². The number of halogens is 2. The van der Waals surface area contributed by atoms with Gasteiger partial charge in [-0.1, -0.05) is 11.6 Å². The van der Waals surface area contributed by atoms with Crippen molar-refractivity contribution in [1.29, 1.82) is 0 Å². The van der Waals surface area contributed by atoms with Crippen molar-refractivity contribution in [1.82, 2.24) is 0 Å². The Balaban J connectivity index is 1.95. The first-order valence-corrected chi connectivity index (χ1v) is 7.21. The van der Waals surface area contributed by atoms with Crippen molar-refractivity contribution in [3.05, 3.63) is 52.7 Å². The van der Waals surface area contributed by atoms with Crippen molar-refractivity contribution in [3.63, 3.8) is 0 Å². The Morgan fingerprint density at radius 3 is 2.78 bits per heavy atom. The fraction of sp³-hybridized carbons (Fsp3) is 0.231. The molecular weight excluding hydrogens is 273 g/mol. The molecule has 0 aliphatic rings. The Morgan fingerprint density at radius 1 is 1.28 bits per heavy atom. The molecule has 0 atom stereocenters. The standard InChI is InChI=1S/C13H13ClFNOS/c1-18-8-11-4-3-10(17-11)7-16-9-2-5-13(15)12(14)6-9/h2-6,16H,7-8H2,1H3. The van der Waals surface area contributed by atoms with Crippen LogP contribution in [0.2, 0.25) is 5.02 Å². The summed E-state index contributed by atoms with van der Waals surface area (Å²) in [6.45, 7) is 0.552. The molecule has 1 N–H and O–H groups in total. The second-order valence-corrected chi connectivity index (χ2v) is 5.06. The van der Waals surface area contributed by atoms with E-state index in [4.69, 9.17) is 16.0 Å². The Labute approximate surface area is 115 Å². The lowest BCUT2D eigenvalue weighted by Gasteiger charge is -2.05. The van der Waals surface area contributed by atoms with Crippen LogP contribution in [0.15, 0.2) is 34.7 Å². The van der Waals surface area contributed by atoms with Gasteiger partial charge in [-0.15, -0.1) is 0 Å². The molecule has 1 aromatic heterocycles.